The molecule has 1 rings (SSSR count). The third-order valence-corrected chi connectivity index (χ3v) is 2.30. The van der Waals surface area contributed by atoms with Crippen LogP contribution in [-0.4, -0.2) is 36.1 Å². The zero-order valence-electron chi connectivity index (χ0n) is 10.5. The van der Waals surface area contributed by atoms with E-state index in [0.717, 1.165) is 24.0 Å². The van der Waals surface area contributed by atoms with Gasteiger partial charge < -0.3 is 16.0 Å². The molecule has 90 valence electrons. The molecular formula is C11H21N5. The van der Waals surface area contributed by atoms with Gasteiger partial charge in [0, 0.05) is 32.2 Å². The molecule has 3 N–H and O–H groups in total. The van der Waals surface area contributed by atoms with E-state index in [2.05, 4.69) is 27.1 Å². The Morgan fingerprint density at radius 3 is 2.75 bits per heavy atom. The maximum absolute atomic E-state index is 5.69. The number of hydrogen-bond donors (Lipinski definition) is 2. The standard InChI is InChI=1S/C11H21N5/c1-5-16(4)11-6-10(13-7-8(2)12)14-9(3)15-11/h6,8H,5,7,12H2,1-4H3,(H,13,14,15). The summed E-state index contributed by atoms with van der Waals surface area (Å²) in [4.78, 5) is 10.8. The zero-order chi connectivity index (χ0) is 12.1. The number of nitrogens with two attached hydrogens (primary N) is 1. The van der Waals surface area contributed by atoms with E-state index in [1.54, 1.807) is 0 Å². The third kappa shape index (κ3) is 3.66. The minimum atomic E-state index is 0.114. The first-order valence-electron chi connectivity index (χ1n) is 5.59. The number of nitrogens with zero attached hydrogens (tertiary/aromatic N) is 3. The molecule has 0 aromatic carbocycles. The van der Waals surface area contributed by atoms with Crippen LogP contribution in [0.1, 0.15) is 19.7 Å². The van der Waals surface area contributed by atoms with E-state index in [4.69, 9.17) is 5.73 Å². The quantitative estimate of drug-likeness (QED) is 0.779. The van der Waals surface area contributed by atoms with E-state index in [1.807, 2.05) is 27.0 Å². The second-order valence-corrected chi connectivity index (χ2v) is 4.03. The van der Waals surface area contributed by atoms with Gasteiger partial charge in [-0.25, -0.2) is 9.97 Å². The van der Waals surface area contributed by atoms with Crippen molar-refractivity contribution in [2.45, 2.75) is 26.8 Å². The average molecular weight is 223 g/mol. The third-order valence-electron chi connectivity index (χ3n) is 2.30. The number of aryl methyl sites for hydroxylation is 1. The Morgan fingerprint density at radius 1 is 1.50 bits per heavy atom. The average Bonchev–Trinajstić information content (AvgIpc) is 2.24. The SMILES string of the molecule is CCN(C)c1cc(NCC(C)N)nc(C)n1. The molecular weight excluding hydrogens is 202 g/mol. The van der Waals surface area contributed by atoms with Crippen LogP contribution in [0.25, 0.3) is 0 Å². The lowest BCUT2D eigenvalue weighted by Gasteiger charge is -2.17. The molecule has 0 aliphatic rings. The summed E-state index contributed by atoms with van der Waals surface area (Å²) in [7, 11) is 2.01. The molecule has 0 spiro atoms. The summed E-state index contributed by atoms with van der Waals surface area (Å²) in [6, 6.07) is 2.06. The molecule has 0 aliphatic carbocycles. The van der Waals surface area contributed by atoms with Gasteiger partial charge in [0.1, 0.15) is 17.5 Å². The zero-order valence-corrected chi connectivity index (χ0v) is 10.5. The van der Waals surface area contributed by atoms with Crippen LogP contribution in [0.15, 0.2) is 6.07 Å². The number of anilines is 2. The van der Waals surface area contributed by atoms with Gasteiger partial charge in [0.2, 0.25) is 0 Å². The summed E-state index contributed by atoms with van der Waals surface area (Å²) < 4.78 is 0. The van der Waals surface area contributed by atoms with Gasteiger partial charge >= 0.3 is 0 Å². The van der Waals surface area contributed by atoms with Crippen molar-refractivity contribution in [3.8, 4) is 0 Å². The summed E-state index contributed by atoms with van der Waals surface area (Å²) in [6.45, 7) is 7.57. The summed E-state index contributed by atoms with van der Waals surface area (Å²) in [6.07, 6.45) is 0. The van der Waals surface area contributed by atoms with Crippen molar-refractivity contribution in [2.24, 2.45) is 5.73 Å². The Hall–Kier alpha value is -1.36. The number of hydrogen-bond acceptors (Lipinski definition) is 5. The molecule has 0 saturated heterocycles. The molecule has 5 nitrogen and oxygen atoms in total. The van der Waals surface area contributed by atoms with E-state index in [1.165, 1.54) is 0 Å². The van der Waals surface area contributed by atoms with Crippen LogP contribution in [0.2, 0.25) is 0 Å². The predicted molar refractivity (Wildman–Crippen MR) is 67.9 cm³/mol. The normalized spacial score (nSPS) is 12.3. The van der Waals surface area contributed by atoms with Crippen molar-refractivity contribution in [3.63, 3.8) is 0 Å². The van der Waals surface area contributed by atoms with Gasteiger partial charge in [-0.2, -0.15) is 0 Å². The van der Waals surface area contributed by atoms with Crippen LogP contribution >= 0.6 is 0 Å². The van der Waals surface area contributed by atoms with Crippen LogP contribution in [0.4, 0.5) is 11.6 Å². The smallest absolute Gasteiger partial charge is 0.134 e. The molecule has 0 fully saturated rings. The molecule has 1 heterocycles. The number of aromatic nitrogens is 2. The maximum atomic E-state index is 5.69. The van der Waals surface area contributed by atoms with E-state index >= 15 is 0 Å². The van der Waals surface area contributed by atoms with E-state index in [-0.39, 0.29) is 6.04 Å². The van der Waals surface area contributed by atoms with Crippen LogP contribution in [0.3, 0.4) is 0 Å². The summed E-state index contributed by atoms with van der Waals surface area (Å²) in [5.74, 6) is 2.53. The van der Waals surface area contributed by atoms with Crippen molar-refractivity contribution in [1.82, 2.24) is 9.97 Å². The molecule has 16 heavy (non-hydrogen) atoms. The van der Waals surface area contributed by atoms with Gasteiger partial charge in [-0.3, -0.25) is 0 Å². The van der Waals surface area contributed by atoms with Crippen LogP contribution in [0, 0.1) is 6.92 Å². The Morgan fingerprint density at radius 2 is 2.19 bits per heavy atom. The second-order valence-electron chi connectivity index (χ2n) is 4.03. The van der Waals surface area contributed by atoms with Gasteiger partial charge in [0.25, 0.3) is 0 Å². The van der Waals surface area contributed by atoms with Crippen molar-refractivity contribution >= 4 is 11.6 Å². The van der Waals surface area contributed by atoms with E-state index in [0.29, 0.717) is 6.54 Å². The fourth-order valence-corrected chi connectivity index (χ4v) is 1.27. The summed E-state index contributed by atoms with van der Waals surface area (Å²) in [5.41, 5.74) is 5.69. The van der Waals surface area contributed by atoms with Crippen LogP contribution < -0.4 is 16.0 Å². The molecule has 0 bridgehead atoms. The summed E-state index contributed by atoms with van der Waals surface area (Å²) in [5, 5.41) is 3.20. The van der Waals surface area contributed by atoms with E-state index in [9.17, 15) is 0 Å². The first-order valence-corrected chi connectivity index (χ1v) is 5.59. The van der Waals surface area contributed by atoms with Crippen molar-refractivity contribution in [2.75, 3.05) is 30.4 Å². The minimum absolute atomic E-state index is 0.114. The largest absolute Gasteiger partial charge is 0.368 e. The van der Waals surface area contributed by atoms with Crippen LogP contribution in [0.5, 0.6) is 0 Å². The Balaban J connectivity index is 2.81. The highest BCUT2D eigenvalue weighted by atomic mass is 15.2. The Kier molecular flexibility index (Phi) is 4.49. The lowest BCUT2D eigenvalue weighted by atomic mass is 10.3. The highest BCUT2D eigenvalue weighted by Crippen LogP contribution is 2.14. The van der Waals surface area contributed by atoms with Crippen molar-refractivity contribution < 1.29 is 0 Å². The highest BCUT2D eigenvalue weighted by molar-refractivity contribution is 5.48. The van der Waals surface area contributed by atoms with Crippen molar-refractivity contribution in [1.29, 1.82) is 0 Å². The van der Waals surface area contributed by atoms with Crippen LogP contribution in [-0.2, 0) is 0 Å². The second kappa shape index (κ2) is 5.65. The molecule has 0 aliphatic heterocycles. The maximum Gasteiger partial charge on any atom is 0.134 e. The first-order chi connectivity index (χ1) is 7.52. The molecule has 1 aromatic rings. The van der Waals surface area contributed by atoms with Gasteiger partial charge in [0.15, 0.2) is 0 Å². The van der Waals surface area contributed by atoms with Gasteiger partial charge in [0.05, 0.1) is 0 Å². The lowest BCUT2D eigenvalue weighted by molar-refractivity contribution is 0.775. The summed E-state index contributed by atoms with van der Waals surface area (Å²) >= 11 is 0. The number of nitrogens with one attached hydrogen (secondary N) is 1. The topological polar surface area (TPSA) is 67.1 Å². The molecule has 0 radical (unpaired) electrons. The van der Waals surface area contributed by atoms with Crippen molar-refractivity contribution in [3.05, 3.63) is 11.9 Å². The monoisotopic (exact) mass is 223 g/mol. The van der Waals surface area contributed by atoms with Gasteiger partial charge in [-0.1, -0.05) is 0 Å². The van der Waals surface area contributed by atoms with Gasteiger partial charge in [-0.05, 0) is 20.8 Å². The molecule has 0 saturated carbocycles. The van der Waals surface area contributed by atoms with Gasteiger partial charge in [-0.15, -0.1) is 0 Å². The minimum Gasteiger partial charge on any atom is -0.368 e. The fraction of sp³-hybridized carbons (Fsp3) is 0.636. The highest BCUT2D eigenvalue weighted by Gasteiger charge is 2.05. The number of rotatable bonds is 5. The first kappa shape index (κ1) is 12.7. The Bertz CT molecular complexity index is 337. The lowest BCUT2D eigenvalue weighted by Crippen LogP contribution is -2.26. The molecule has 0 amide bonds. The molecule has 1 aromatic heterocycles. The predicted octanol–water partition coefficient (Wildman–Crippen LogP) is 1.00. The molecule has 1 unspecified atom stereocenters. The molecule has 1 atom stereocenters. The molecule has 5 heteroatoms. The Labute approximate surface area is 97.1 Å². The van der Waals surface area contributed by atoms with E-state index < -0.39 is 0 Å². The fourth-order valence-electron chi connectivity index (χ4n) is 1.27.